The highest BCUT2D eigenvalue weighted by Crippen LogP contribution is 2.37. The number of pyridine rings is 1. The van der Waals surface area contributed by atoms with Gasteiger partial charge in [-0.1, -0.05) is 25.0 Å². The van der Waals surface area contributed by atoms with Gasteiger partial charge in [-0.3, -0.25) is 0 Å². The number of carbonyl (C=O) groups excluding carboxylic acids is 1. The van der Waals surface area contributed by atoms with Crippen molar-refractivity contribution < 1.29 is 9.53 Å². The molecule has 2 fully saturated rings. The first kappa shape index (κ1) is 19.8. The maximum absolute atomic E-state index is 12.8. The van der Waals surface area contributed by atoms with Crippen molar-refractivity contribution in [3.05, 3.63) is 54.0 Å². The number of amides is 2. The van der Waals surface area contributed by atoms with Gasteiger partial charge in [0.2, 0.25) is 0 Å². The van der Waals surface area contributed by atoms with E-state index in [2.05, 4.69) is 14.9 Å². The maximum atomic E-state index is 12.8. The van der Waals surface area contributed by atoms with E-state index in [1.165, 1.54) is 25.7 Å². The number of aromatic nitrogens is 3. The number of nitrogens with one attached hydrogen (secondary N) is 1. The predicted molar refractivity (Wildman–Crippen MR) is 119 cm³/mol. The predicted octanol–water partition coefficient (Wildman–Crippen LogP) is 4.25. The van der Waals surface area contributed by atoms with E-state index < -0.39 is 0 Å². The molecule has 2 aliphatic rings. The van der Waals surface area contributed by atoms with Crippen LogP contribution in [0, 0.1) is 0 Å². The summed E-state index contributed by atoms with van der Waals surface area (Å²) < 4.78 is 7.60. The van der Waals surface area contributed by atoms with E-state index in [9.17, 15) is 4.79 Å². The molecule has 5 rings (SSSR count). The molecule has 162 valence electrons. The second-order valence-electron chi connectivity index (χ2n) is 8.57. The van der Waals surface area contributed by atoms with Crippen molar-refractivity contribution >= 4 is 17.2 Å². The van der Waals surface area contributed by atoms with Crippen LogP contribution >= 0.6 is 0 Å². The molecule has 1 saturated heterocycles. The van der Waals surface area contributed by atoms with Crippen molar-refractivity contribution in [2.75, 3.05) is 20.2 Å². The number of benzene rings is 1. The van der Waals surface area contributed by atoms with Crippen LogP contribution in [0.5, 0.6) is 5.75 Å². The van der Waals surface area contributed by atoms with Gasteiger partial charge in [-0.25, -0.2) is 14.8 Å². The summed E-state index contributed by atoms with van der Waals surface area (Å²) >= 11 is 0. The molecule has 1 aliphatic carbocycles. The molecule has 31 heavy (non-hydrogen) atoms. The lowest BCUT2D eigenvalue weighted by molar-refractivity contribution is 0.206. The monoisotopic (exact) mass is 419 g/mol. The van der Waals surface area contributed by atoms with Crippen LogP contribution in [-0.2, 0) is 6.54 Å². The van der Waals surface area contributed by atoms with Crippen LogP contribution < -0.4 is 10.1 Å². The van der Waals surface area contributed by atoms with Crippen molar-refractivity contribution in [1.29, 1.82) is 0 Å². The first-order valence-corrected chi connectivity index (χ1v) is 11.2. The highest BCUT2D eigenvalue weighted by molar-refractivity contribution is 5.75. The van der Waals surface area contributed by atoms with Crippen molar-refractivity contribution in [2.45, 2.75) is 50.6 Å². The van der Waals surface area contributed by atoms with Crippen molar-refractivity contribution in [2.24, 2.45) is 0 Å². The summed E-state index contributed by atoms with van der Waals surface area (Å²) in [6, 6.07) is 12.0. The highest BCUT2D eigenvalue weighted by atomic mass is 16.5. The summed E-state index contributed by atoms with van der Waals surface area (Å²) in [5.74, 6) is 2.46. The second-order valence-corrected chi connectivity index (χ2v) is 8.57. The van der Waals surface area contributed by atoms with Crippen LogP contribution in [0.15, 0.2) is 42.6 Å². The molecule has 1 aliphatic heterocycles. The van der Waals surface area contributed by atoms with Crippen LogP contribution in [-0.4, -0.2) is 45.7 Å². The zero-order chi connectivity index (χ0) is 21.2. The van der Waals surface area contributed by atoms with Crippen LogP contribution in [0.3, 0.4) is 0 Å². The summed E-state index contributed by atoms with van der Waals surface area (Å²) in [6.45, 7) is 1.91. The van der Waals surface area contributed by atoms with Gasteiger partial charge in [0.05, 0.1) is 13.2 Å². The van der Waals surface area contributed by atoms with Crippen LogP contribution in [0.4, 0.5) is 4.79 Å². The minimum Gasteiger partial charge on any atom is -0.497 e. The summed E-state index contributed by atoms with van der Waals surface area (Å²) in [5.41, 5.74) is 2.94. The number of imidazole rings is 1. The lowest BCUT2D eigenvalue weighted by Gasteiger charge is -2.21. The fourth-order valence-electron chi connectivity index (χ4n) is 4.99. The Morgan fingerprint density at radius 3 is 2.90 bits per heavy atom. The second kappa shape index (κ2) is 8.57. The van der Waals surface area contributed by atoms with Gasteiger partial charge in [-0.15, -0.1) is 0 Å². The van der Waals surface area contributed by atoms with Gasteiger partial charge in [-0.05, 0) is 49.1 Å². The van der Waals surface area contributed by atoms with Crippen LogP contribution in [0.2, 0.25) is 0 Å². The third-order valence-corrected chi connectivity index (χ3v) is 6.59. The minimum atomic E-state index is -0.0230. The molecule has 7 nitrogen and oxygen atoms in total. The lowest BCUT2D eigenvalue weighted by atomic mass is 10.1. The summed E-state index contributed by atoms with van der Waals surface area (Å²) in [5, 5.41) is 3.06. The van der Waals surface area contributed by atoms with Gasteiger partial charge in [0.1, 0.15) is 17.1 Å². The Hall–Kier alpha value is -3.09. The lowest BCUT2D eigenvalue weighted by Crippen LogP contribution is -2.38. The van der Waals surface area contributed by atoms with E-state index in [-0.39, 0.29) is 12.1 Å². The molecule has 1 N–H and O–H groups in total. The Labute approximate surface area is 182 Å². The largest absolute Gasteiger partial charge is 0.497 e. The number of hydrogen-bond donors (Lipinski definition) is 1. The summed E-state index contributed by atoms with van der Waals surface area (Å²) in [7, 11) is 1.65. The fraction of sp³-hybridized carbons (Fsp3) is 0.458. The Balaban J connectivity index is 1.30. The standard InChI is InChI=1S/C24H29N5O2/c1-31-20-9-4-6-17(14-20)15-26-24(30)28-13-11-19(16-28)29-22(18-7-2-3-8-18)27-21-10-5-12-25-23(21)29/h4-6,9-10,12,14,18-19H,2-3,7-8,11,13,15-16H2,1H3,(H,26,30)/t19-/m1/s1. The van der Waals surface area contributed by atoms with E-state index in [1.807, 2.05) is 47.5 Å². The number of methoxy groups -OCH3 is 1. The number of carbonyl (C=O) groups is 1. The van der Waals surface area contributed by atoms with Crippen LogP contribution in [0.25, 0.3) is 11.2 Å². The number of fused-ring (bicyclic) bond motifs is 1. The first-order chi connectivity index (χ1) is 15.2. The van der Waals surface area contributed by atoms with Gasteiger partial charge in [0.15, 0.2) is 5.65 Å². The molecule has 3 heterocycles. The normalized spacial score (nSPS) is 19.3. The molecule has 0 radical (unpaired) electrons. The smallest absolute Gasteiger partial charge is 0.317 e. The van der Waals surface area contributed by atoms with Gasteiger partial charge < -0.3 is 19.5 Å². The van der Waals surface area contributed by atoms with E-state index >= 15 is 0 Å². The Kier molecular flexibility index (Phi) is 5.49. The number of urea groups is 1. The third kappa shape index (κ3) is 3.96. The Morgan fingerprint density at radius 1 is 1.19 bits per heavy atom. The molecule has 7 heteroatoms. The van der Waals surface area contributed by atoms with E-state index in [0.717, 1.165) is 41.3 Å². The zero-order valence-corrected chi connectivity index (χ0v) is 18.0. The molecule has 1 aromatic carbocycles. The van der Waals surface area contributed by atoms with Gasteiger partial charge in [-0.2, -0.15) is 0 Å². The van der Waals surface area contributed by atoms with Crippen molar-refractivity contribution in [1.82, 2.24) is 24.8 Å². The van der Waals surface area contributed by atoms with Crippen LogP contribution in [0.1, 0.15) is 55.5 Å². The van der Waals surface area contributed by atoms with E-state index in [4.69, 9.17) is 9.72 Å². The van der Waals surface area contributed by atoms with E-state index in [0.29, 0.717) is 19.0 Å². The molecule has 0 unspecified atom stereocenters. The Morgan fingerprint density at radius 2 is 2.06 bits per heavy atom. The third-order valence-electron chi connectivity index (χ3n) is 6.59. The molecule has 2 amide bonds. The number of rotatable bonds is 5. The number of ether oxygens (including phenoxy) is 1. The average molecular weight is 420 g/mol. The van der Waals surface area contributed by atoms with E-state index in [1.54, 1.807) is 7.11 Å². The zero-order valence-electron chi connectivity index (χ0n) is 18.0. The number of hydrogen-bond acceptors (Lipinski definition) is 4. The quantitative estimate of drug-likeness (QED) is 0.671. The van der Waals surface area contributed by atoms with Crippen molar-refractivity contribution in [3.63, 3.8) is 0 Å². The topological polar surface area (TPSA) is 72.3 Å². The maximum Gasteiger partial charge on any atom is 0.317 e. The van der Waals surface area contributed by atoms with Gasteiger partial charge >= 0.3 is 6.03 Å². The molecular formula is C24H29N5O2. The molecule has 3 aromatic rings. The minimum absolute atomic E-state index is 0.0230. The molecular weight excluding hydrogens is 390 g/mol. The van der Waals surface area contributed by atoms with Crippen molar-refractivity contribution in [3.8, 4) is 5.75 Å². The molecule has 0 bridgehead atoms. The molecule has 0 spiro atoms. The molecule has 1 saturated carbocycles. The number of nitrogens with zero attached hydrogens (tertiary/aromatic N) is 4. The fourth-order valence-corrected chi connectivity index (χ4v) is 4.99. The highest BCUT2D eigenvalue weighted by Gasteiger charge is 2.33. The van der Waals surface area contributed by atoms with Gasteiger partial charge in [0, 0.05) is 31.7 Å². The molecule has 2 aromatic heterocycles. The first-order valence-electron chi connectivity index (χ1n) is 11.2. The SMILES string of the molecule is COc1cccc(CNC(=O)N2CC[C@@H](n3c(C4CCCC4)nc4cccnc43)C2)c1. The summed E-state index contributed by atoms with van der Waals surface area (Å²) in [4.78, 5) is 24.4. The van der Waals surface area contributed by atoms with Gasteiger partial charge in [0.25, 0.3) is 0 Å². The molecule has 1 atom stereocenters. The Bertz CT molecular complexity index is 1070. The summed E-state index contributed by atoms with van der Waals surface area (Å²) in [6.07, 6.45) is 7.69. The number of likely N-dealkylation sites (tertiary alicyclic amines) is 1. The average Bonchev–Trinajstić information content (AvgIpc) is 3.56.